The summed E-state index contributed by atoms with van der Waals surface area (Å²) in [5.41, 5.74) is 5.86. The van der Waals surface area contributed by atoms with Gasteiger partial charge in [0.25, 0.3) is 0 Å². The number of nitrogens with two attached hydrogens (primary N) is 1. The summed E-state index contributed by atoms with van der Waals surface area (Å²) in [6.07, 6.45) is 1.27. The lowest BCUT2D eigenvalue weighted by atomic mass is 10.3. The molecule has 96 valence electrons. The summed E-state index contributed by atoms with van der Waals surface area (Å²) in [5, 5.41) is 0. The highest BCUT2D eigenvalue weighted by Gasteiger charge is 2.13. The van der Waals surface area contributed by atoms with Gasteiger partial charge in [0.05, 0.1) is 11.4 Å². The fourth-order valence-electron chi connectivity index (χ4n) is 1.24. The molecule has 0 atom stereocenters. The molecule has 0 amide bonds. The molecule has 1 rings (SSSR count). The molecule has 0 fully saturated rings. The molecule has 1 aromatic carbocycles. The zero-order valence-corrected chi connectivity index (χ0v) is 13.1. The van der Waals surface area contributed by atoms with Crippen LogP contribution in [0.15, 0.2) is 27.1 Å². The van der Waals surface area contributed by atoms with E-state index in [1.165, 1.54) is 0 Å². The zero-order chi connectivity index (χ0) is 12.9. The van der Waals surface area contributed by atoms with Gasteiger partial charge in [0.15, 0.2) is 0 Å². The molecule has 1 aromatic rings. The highest BCUT2D eigenvalue weighted by atomic mass is 79.9. The van der Waals surface area contributed by atoms with Gasteiger partial charge in [-0.15, -0.1) is 0 Å². The molecule has 0 radical (unpaired) electrons. The van der Waals surface area contributed by atoms with Crippen LogP contribution < -0.4 is 10.5 Å². The van der Waals surface area contributed by atoms with Crippen molar-refractivity contribution in [2.24, 2.45) is 5.73 Å². The van der Waals surface area contributed by atoms with Gasteiger partial charge in [0, 0.05) is 8.95 Å². The van der Waals surface area contributed by atoms with Crippen LogP contribution >= 0.6 is 31.9 Å². The molecule has 7 heteroatoms. The van der Waals surface area contributed by atoms with Gasteiger partial charge in [-0.25, -0.2) is 8.42 Å². The lowest BCUT2D eigenvalue weighted by Crippen LogP contribution is -2.18. The summed E-state index contributed by atoms with van der Waals surface area (Å²) in [7, 11) is -3.32. The largest absolute Gasteiger partial charge is 0.330 e. The Morgan fingerprint density at radius 1 is 1.18 bits per heavy atom. The molecule has 4 nitrogen and oxygen atoms in total. The van der Waals surface area contributed by atoms with E-state index < -0.39 is 10.0 Å². The van der Waals surface area contributed by atoms with E-state index >= 15 is 0 Å². The van der Waals surface area contributed by atoms with Crippen molar-refractivity contribution >= 4 is 47.6 Å². The van der Waals surface area contributed by atoms with E-state index in [-0.39, 0.29) is 5.75 Å². The van der Waals surface area contributed by atoms with Crippen molar-refractivity contribution in [1.82, 2.24) is 0 Å². The van der Waals surface area contributed by atoms with Crippen LogP contribution in [0.4, 0.5) is 5.69 Å². The average molecular weight is 386 g/mol. The second-order valence-corrected chi connectivity index (χ2v) is 7.06. The Kier molecular flexibility index (Phi) is 5.91. The maximum atomic E-state index is 11.8. The molecule has 0 saturated heterocycles. The van der Waals surface area contributed by atoms with Crippen molar-refractivity contribution in [3.8, 4) is 0 Å². The fourth-order valence-corrected chi connectivity index (χ4v) is 3.91. The predicted octanol–water partition coefficient (Wildman–Crippen LogP) is 2.69. The van der Waals surface area contributed by atoms with Crippen molar-refractivity contribution in [3.63, 3.8) is 0 Å². The minimum atomic E-state index is -3.32. The van der Waals surface area contributed by atoms with Gasteiger partial charge in [0.1, 0.15) is 0 Å². The van der Waals surface area contributed by atoms with E-state index in [4.69, 9.17) is 5.73 Å². The van der Waals surface area contributed by atoms with Crippen molar-refractivity contribution in [1.29, 1.82) is 0 Å². The Bertz CT molecular complexity index is 457. The van der Waals surface area contributed by atoms with Gasteiger partial charge in [-0.05, 0) is 63.4 Å². The van der Waals surface area contributed by atoms with E-state index in [0.29, 0.717) is 34.0 Å². The summed E-state index contributed by atoms with van der Waals surface area (Å²) < 4.78 is 27.5. The lowest BCUT2D eigenvalue weighted by Gasteiger charge is -2.11. The smallest absolute Gasteiger partial charge is 0.232 e. The second kappa shape index (κ2) is 6.72. The van der Waals surface area contributed by atoms with E-state index in [1.807, 2.05) is 6.07 Å². The molecule has 0 aliphatic rings. The van der Waals surface area contributed by atoms with Crippen molar-refractivity contribution in [2.75, 3.05) is 17.0 Å². The highest BCUT2D eigenvalue weighted by molar-refractivity contribution is 9.11. The minimum absolute atomic E-state index is 0.0813. The number of rotatable bonds is 6. The molecule has 0 aliphatic carbocycles. The molecular formula is C10H14Br2N2O2S. The topological polar surface area (TPSA) is 72.2 Å². The summed E-state index contributed by atoms with van der Waals surface area (Å²) in [6.45, 7) is 0.508. The molecule has 0 unspecified atom stereocenters. The molecule has 3 N–H and O–H groups in total. The first-order valence-corrected chi connectivity index (χ1v) is 8.34. The van der Waals surface area contributed by atoms with E-state index in [2.05, 4.69) is 36.6 Å². The van der Waals surface area contributed by atoms with Crippen molar-refractivity contribution in [3.05, 3.63) is 27.1 Å². The zero-order valence-electron chi connectivity index (χ0n) is 9.12. The summed E-state index contributed by atoms with van der Waals surface area (Å²) in [6, 6.07) is 5.38. The molecule has 0 heterocycles. The van der Waals surface area contributed by atoms with Crippen LogP contribution in [-0.4, -0.2) is 20.7 Å². The van der Waals surface area contributed by atoms with Crippen LogP contribution in [0, 0.1) is 0 Å². The third-order valence-corrected chi connectivity index (χ3v) is 4.75. The normalized spacial score (nSPS) is 11.5. The number of sulfonamides is 1. The molecule has 0 aliphatic heterocycles. The van der Waals surface area contributed by atoms with E-state index in [0.717, 1.165) is 0 Å². The summed E-state index contributed by atoms with van der Waals surface area (Å²) >= 11 is 6.61. The van der Waals surface area contributed by atoms with Gasteiger partial charge in [0.2, 0.25) is 10.0 Å². The number of nitrogens with one attached hydrogen (secondary N) is 1. The van der Waals surface area contributed by atoms with Crippen LogP contribution in [0.3, 0.4) is 0 Å². The molecule has 0 aromatic heterocycles. The molecule has 17 heavy (non-hydrogen) atoms. The number of para-hydroxylation sites is 1. The van der Waals surface area contributed by atoms with Crippen LogP contribution in [-0.2, 0) is 10.0 Å². The Hall–Kier alpha value is -0.110. The van der Waals surface area contributed by atoms with Gasteiger partial charge in [-0.1, -0.05) is 6.07 Å². The van der Waals surface area contributed by atoms with Gasteiger partial charge >= 0.3 is 0 Å². The predicted molar refractivity (Wildman–Crippen MR) is 77.5 cm³/mol. The first kappa shape index (κ1) is 14.9. The maximum absolute atomic E-state index is 11.8. The highest BCUT2D eigenvalue weighted by Crippen LogP contribution is 2.31. The maximum Gasteiger partial charge on any atom is 0.232 e. The quantitative estimate of drug-likeness (QED) is 0.739. The summed E-state index contributed by atoms with van der Waals surface area (Å²) in [4.78, 5) is 0. The standard InChI is InChI=1S/C10H14Br2N2O2S/c11-8-4-3-5-9(12)10(8)14-17(15,16)7-2-1-6-13/h3-5,14H,1-2,6-7,13H2. The van der Waals surface area contributed by atoms with Crippen LogP contribution in [0.5, 0.6) is 0 Å². The van der Waals surface area contributed by atoms with E-state index in [1.54, 1.807) is 12.1 Å². The Balaban J connectivity index is 2.76. The Labute approximate surface area is 118 Å². The van der Waals surface area contributed by atoms with Gasteiger partial charge in [-0.3, -0.25) is 4.72 Å². The number of hydrogen-bond acceptors (Lipinski definition) is 3. The molecular weight excluding hydrogens is 372 g/mol. The number of unbranched alkanes of at least 4 members (excludes halogenated alkanes) is 1. The number of hydrogen-bond donors (Lipinski definition) is 2. The van der Waals surface area contributed by atoms with Gasteiger partial charge < -0.3 is 5.73 Å². The fraction of sp³-hybridized carbons (Fsp3) is 0.400. The number of anilines is 1. The molecule has 0 bridgehead atoms. The first-order valence-electron chi connectivity index (χ1n) is 5.11. The molecule has 0 saturated carbocycles. The van der Waals surface area contributed by atoms with Crippen molar-refractivity contribution < 1.29 is 8.42 Å². The monoisotopic (exact) mass is 384 g/mol. The minimum Gasteiger partial charge on any atom is -0.330 e. The SMILES string of the molecule is NCCCCS(=O)(=O)Nc1c(Br)cccc1Br. The average Bonchev–Trinajstić information content (AvgIpc) is 2.24. The third kappa shape index (κ3) is 4.95. The Morgan fingerprint density at radius 2 is 1.76 bits per heavy atom. The second-order valence-electron chi connectivity index (χ2n) is 3.51. The van der Waals surface area contributed by atoms with Crippen LogP contribution in [0.1, 0.15) is 12.8 Å². The third-order valence-electron chi connectivity index (χ3n) is 2.09. The lowest BCUT2D eigenvalue weighted by molar-refractivity contribution is 0.597. The number of halogens is 2. The van der Waals surface area contributed by atoms with Crippen LogP contribution in [0.25, 0.3) is 0 Å². The van der Waals surface area contributed by atoms with E-state index in [9.17, 15) is 8.42 Å². The van der Waals surface area contributed by atoms with Crippen LogP contribution in [0.2, 0.25) is 0 Å². The number of benzene rings is 1. The molecule has 0 spiro atoms. The first-order chi connectivity index (χ1) is 7.96. The summed E-state index contributed by atoms with van der Waals surface area (Å²) in [5.74, 6) is 0.0813. The van der Waals surface area contributed by atoms with Gasteiger partial charge in [-0.2, -0.15) is 0 Å². The van der Waals surface area contributed by atoms with Crippen molar-refractivity contribution in [2.45, 2.75) is 12.8 Å². The Morgan fingerprint density at radius 3 is 2.29 bits per heavy atom.